The fourth-order valence-electron chi connectivity index (χ4n) is 2.06. The molecule has 96 valence electrons. The molecule has 2 rings (SSSR count). The van der Waals surface area contributed by atoms with E-state index in [-0.39, 0.29) is 23.7 Å². The predicted octanol–water partition coefficient (Wildman–Crippen LogP) is 1.56. The summed E-state index contributed by atoms with van der Waals surface area (Å²) < 4.78 is 4.84. The second-order valence-corrected chi connectivity index (χ2v) is 4.21. The zero-order valence-electron chi connectivity index (χ0n) is 9.96. The minimum atomic E-state index is -0.416. The van der Waals surface area contributed by atoms with E-state index in [1.807, 2.05) is 0 Å². The number of benzene rings is 1. The summed E-state index contributed by atoms with van der Waals surface area (Å²) in [7, 11) is 0. The Balaban J connectivity index is 2.15. The fraction of sp³-hybridized carbons (Fsp3) is 0.417. The van der Waals surface area contributed by atoms with Crippen LogP contribution in [0.5, 0.6) is 0 Å². The van der Waals surface area contributed by atoms with Gasteiger partial charge < -0.3 is 4.74 Å². The molecule has 1 N–H and O–H groups in total. The Labute approximate surface area is 104 Å². The lowest BCUT2D eigenvalue weighted by atomic mass is 10.0. The van der Waals surface area contributed by atoms with Gasteiger partial charge in [0.25, 0.3) is 5.69 Å². The van der Waals surface area contributed by atoms with Crippen molar-refractivity contribution in [1.82, 2.24) is 5.32 Å². The van der Waals surface area contributed by atoms with Crippen molar-refractivity contribution < 1.29 is 14.5 Å². The van der Waals surface area contributed by atoms with Crippen molar-refractivity contribution in [3.63, 3.8) is 0 Å². The highest BCUT2D eigenvalue weighted by Crippen LogP contribution is 2.25. The second kappa shape index (κ2) is 5.14. The molecule has 6 nitrogen and oxygen atoms in total. The van der Waals surface area contributed by atoms with Gasteiger partial charge in [0.15, 0.2) is 0 Å². The van der Waals surface area contributed by atoms with Crippen molar-refractivity contribution in [1.29, 1.82) is 0 Å². The first-order valence-electron chi connectivity index (χ1n) is 5.75. The third-order valence-electron chi connectivity index (χ3n) is 2.99. The molecule has 2 atom stereocenters. The van der Waals surface area contributed by atoms with Crippen LogP contribution in [-0.4, -0.2) is 23.5 Å². The molecule has 1 heterocycles. The molecule has 1 aromatic rings. The number of cyclic esters (lactones) is 1. The molecule has 1 aromatic carbocycles. The van der Waals surface area contributed by atoms with Crippen LogP contribution < -0.4 is 5.32 Å². The zero-order valence-corrected chi connectivity index (χ0v) is 9.96. The Morgan fingerprint density at radius 3 is 2.83 bits per heavy atom. The smallest absolute Gasteiger partial charge is 0.323 e. The summed E-state index contributed by atoms with van der Waals surface area (Å²) in [5.74, 6) is -0.291. The molecule has 0 aliphatic carbocycles. The normalized spacial score (nSPS) is 20.5. The molecule has 1 aliphatic heterocycles. The number of ether oxygens (including phenoxy) is 1. The Morgan fingerprint density at radius 1 is 1.50 bits per heavy atom. The number of esters is 1. The molecule has 0 saturated carbocycles. The first-order valence-corrected chi connectivity index (χ1v) is 5.75. The van der Waals surface area contributed by atoms with E-state index in [1.165, 1.54) is 6.07 Å². The molecule has 2 unspecified atom stereocenters. The first kappa shape index (κ1) is 12.5. The molecule has 0 spiro atoms. The van der Waals surface area contributed by atoms with Gasteiger partial charge in [0.1, 0.15) is 6.04 Å². The number of para-hydroxylation sites is 1. The minimum Gasteiger partial charge on any atom is -0.464 e. The van der Waals surface area contributed by atoms with Gasteiger partial charge in [-0.25, -0.2) is 0 Å². The maximum Gasteiger partial charge on any atom is 0.323 e. The quantitative estimate of drug-likeness (QED) is 0.498. The second-order valence-electron chi connectivity index (χ2n) is 4.21. The van der Waals surface area contributed by atoms with E-state index in [4.69, 9.17) is 4.74 Å². The van der Waals surface area contributed by atoms with Crippen molar-refractivity contribution >= 4 is 11.7 Å². The molecule has 1 saturated heterocycles. The van der Waals surface area contributed by atoms with Crippen LogP contribution in [0, 0.1) is 10.1 Å². The summed E-state index contributed by atoms with van der Waals surface area (Å²) in [6, 6.07) is 5.87. The summed E-state index contributed by atoms with van der Waals surface area (Å²) >= 11 is 0. The number of hydrogen-bond donors (Lipinski definition) is 1. The number of hydrogen-bond acceptors (Lipinski definition) is 5. The fourth-order valence-corrected chi connectivity index (χ4v) is 2.06. The maximum atomic E-state index is 11.3. The molecule has 0 amide bonds. The molecule has 6 heteroatoms. The highest BCUT2D eigenvalue weighted by molar-refractivity contribution is 5.77. The van der Waals surface area contributed by atoms with E-state index in [1.54, 1.807) is 25.1 Å². The van der Waals surface area contributed by atoms with E-state index in [2.05, 4.69) is 5.32 Å². The number of nitro benzene ring substituents is 1. The van der Waals surface area contributed by atoms with Gasteiger partial charge in [-0.15, -0.1) is 0 Å². The van der Waals surface area contributed by atoms with Crippen molar-refractivity contribution in [2.24, 2.45) is 0 Å². The number of rotatable bonds is 4. The predicted molar refractivity (Wildman–Crippen MR) is 64.0 cm³/mol. The van der Waals surface area contributed by atoms with Crippen LogP contribution in [-0.2, 0) is 9.53 Å². The van der Waals surface area contributed by atoms with Crippen molar-refractivity contribution in [2.75, 3.05) is 6.61 Å². The van der Waals surface area contributed by atoms with E-state index in [0.717, 1.165) is 0 Å². The van der Waals surface area contributed by atoms with Gasteiger partial charge in [-0.1, -0.05) is 18.2 Å². The van der Waals surface area contributed by atoms with Gasteiger partial charge >= 0.3 is 5.97 Å². The molecular formula is C12H14N2O4. The van der Waals surface area contributed by atoms with Crippen molar-refractivity contribution in [3.05, 3.63) is 39.9 Å². The van der Waals surface area contributed by atoms with Crippen LogP contribution in [0.15, 0.2) is 24.3 Å². The molecule has 1 fully saturated rings. The summed E-state index contributed by atoms with van der Waals surface area (Å²) in [6.45, 7) is 2.20. The average molecular weight is 250 g/mol. The highest BCUT2D eigenvalue weighted by Gasteiger charge is 2.29. The third-order valence-corrected chi connectivity index (χ3v) is 2.99. The molecule has 0 aromatic heterocycles. The average Bonchev–Trinajstić information content (AvgIpc) is 2.75. The lowest BCUT2D eigenvalue weighted by molar-refractivity contribution is -0.385. The third kappa shape index (κ3) is 2.48. The topological polar surface area (TPSA) is 81.5 Å². The Morgan fingerprint density at radius 2 is 2.22 bits per heavy atom. The number of nitrogens with one attached hydrogen (secondary N) is 1. The van der Waals surface area contributed by atoms with E-state index in [0.29, 0.717) is 18.6 Å². The van der Waals surface area contributed by atoms with Crippen LogP contribution in [0.4, 0.5) is 5.69 Å². The zero-order chi connectivity index (χ0) is 13.1. The van der Waals surface area contributed by atoms with Gasteiger partial charge in [-0.05, 0) is 6.92 Å². The maximum absolute atomic E-state index is 11.3. The Kier molecular flexibility index (Phi) is 3.57. The van der Waals surface area contributed by atoms with Crippen molar-refractivity contribution in [3.8, 4) is 0 Å². The van der Waals surface area contributed by atoms with Crippen LogP contribution in [0.25, 0.3) is 0 Å². The lowest BCUT2D eigenvalue weighted by Crippen LogP contribution is -2.35. The lowest BCUT2D eigenvalue weighted by Gasteiger charge is -2.17. The molecule has 0 bridgehead atoms. The largest absolute Gasteiger partial charge is 0.464 e. The SMILES string of the molecule is CC(NC1CCOC1=O)c1ccccc1[N+](=O)[O-]. The monoisotopic (exact) mass is 250 g/mol. The Hall–Kier alpha value is -1.95. The summed E-state index contributed by atoms with van der Waals surface area (Å²) in [4.78, 5) is 21.8. The number of nitro groups is 1. The molecular weight excluding hydrogens is 236 g/mol. The van der Waals surface area contributed by atoms with E-state index >= 15 is 0 Å². The van der Waals surface area contributed by atoms with Gasteiger partial charge in [0, 0.05) is 24.1 Å². The van der Waals surface area contributed by atoms with Gasteiger partial charge in [0.05, 0.1) is 11.5 Å². The van der Waals surface area contributed by atoms with Gasteiger partial charge in [-0.3, -0.25) is 20.2 Å². The number of nitrogens with zero attached hydrogens (tertiary/aromatic N) is 1. The summed E-state index contributed by atoms with van der Waals surface area (Å²) in [5, 5.41) is 14.0. The molecule has 1 aliphatic rings. The van der Waals surface area contributed by atoms with Crippen LogP contribution in [0.3, 0.4) is 0 Å². The van der Waals surface area contributed by atoms with Crippen LogP contribution >= 0.6 is 0 Å². The minimum absolute atomic E-state index is 0.0591. The van der Waals surface area contributed by atoms with Crippen LogP contribution in [0.2, 0.25) is 0 Å². The Bertz CT molecular complexity index is 475. The molecule has 18 heavy (non-hydrogen) atoms. The van der Waals surface area contributed by atoms with E-state index in [9.17, 15) is 14.9 Å². The van der Waals surface area contributed by atoms with Crippen molar-refractivity contribution in [2.45, 2.75) is 25.4 Å². The first-order chi connectivity index (χ1) is 8.59. The van der Waals surface area contributed by atoms with E-state index < -0.39 is 4.92 Å². The number of carbonyl (C=O) groups is 1. The standard InChI is InChI=1S/C12H14N2O4/c1-8(13-10-6-7-18-12(10)15)9-4-2-3-5-11(9)14(16)17/h2-5,8,10,13H,6-7H2,1H3. The van der Waals surface area contributed by atoms with Gasteiger partial charge in [0.2, 0.25) is 0 Å². The number of carbonyl (C=O) groups excluding carboxylic acids is 1. The summed E-state index contributed by atoms with van der Waals surface area (Å²) in [6.07, 6.45) is 0.601. The highest BCUT2D eigenvalue weighted by atomic mass is 16.6. The molecule has 0 radical (unpaired) electrons. The summed E-state index contributed by atoms with van der Waals surface area (Å²) in [5.41, 5.74) is 0.631. The van der Waals surface area contributed by atoms with Crippen LogP contribution in [0.1, 0.15) is 24.9 Å². The van der Waals surface area contributed by atoms with Gasteiger partial charge in [-0.2, -0.15) is 0 Å².